The molecule has 1 saturated heterocycles. The summed E-state index contributed by atoms with van der Waals surface area (Å²) in [6.45, 7) is 13.0. The summed E-state index contributed by atoms with van der Waals surface area (Å²) in [4.78, 5) is 74.4. The number of aromatic nitrogens is 1. The first kappa shape index (κ1) is 45.1. The van der Waals surface area contributed by atoms with E-state index in [4.69, 9.17) is 23.9 Å². The lowest BCUT2D eigenvalue weighted by Gasteiger charge is -2.32. The molecular weight excluding hydrogens is 795 g/mol. The second kappa shape index (κ2) is 19.0. The van der Waals surface area contributed by atoms with E-state index in [0.717, 1.165) is 11.6 Å². The highest BCUT2D eigenvalue weighted by Gasteiger charge is 2.47. The quantitative estimate of drug-likeness (QED) is 0.103. The van der Waals surface area contributed by atoms with Crippen LogP contribution in [0.3, 0.4) is 0 Å². The van der Waals surface area contributed by atoms with Gasteiger partial charge in [-0.2, -0.15) is 0 Å². The topological polar surface area (TPSA) is 209 Å². The smallest absolute Gasteiger partial charge is 0.408 e. The van der Waals surface area contributed by atoms with Crippen LogP contribution in [0.1, 0.15) is 60.8 Å². The van der Waals surface area contributed by atoms with Crippen LogP contribution >= 0.6 is 0 Å². The fourth-order valence-corrected chi connectivity index (χ4v) is 7.95. The molecule has 2 aliphatic rings. The van der Waals surface area contributed by atoms with Gasteiger partial charge in [0.05, 0.1) is 30.1 Å². The van der Waals surface area contributed by atoms with Gasteiger partial charge < -0.3 is 34.5 Å². The highest BCUT2D eigenvalue weighted by molar-refractivity contribution is 7.90. The third-order valence-corrected chi connectivity index (χ3v) is 11.7. The molecule has 6 atom stereocenters. The summed E-state index contributed by atoms with van der Waals surface area (Å²) in [6, 6.07) is 12.2. The molecule has 1 aromatic heterocycles. The van der Waals surface area contributed by atoms with Crippen molar-refractivity contribution in [1.82, 2.24) is 25.2 Å². The number of alkyl carbamates (subject to hydrolysis) is 1. The van der Waals surface area contributed by atoms with E-state index in [-0.39, 0.29) is 13.0 Å². The standard InChI is InChI=1S/C43H53N5O11S/c1-9-14-36(49)57-26(4)38(46-42(53)59-43(5,6)7)41(52)48-24-29(22-34(48)39(50)45-37(25(3)10-2)40(51)47-60(54,55)30-18-19-30)58-35-23-32(27-15-12-11-13-16-27)44-33-21-28(56-8)17-20-31(33)35/h9-17,20-21,23,25-26,29-30,34,37-38H,2,18-19,22,24H2,1,3-8H3,(H,45,50)(H,46,53)(H,47,51). The minimum absolute atomic E-state index is 0.110. The van der Waals surface area contributed by atoms with Crippen molar-refractivity contribution in [3.63, 3.8) is 0 Å². The summed E-state index contributed by atoms with van der Waals surface area (Å²) < 4.78 is 50.7. The van der Waals surface area contributed by atoms with Crippen molar-refractivity contribution in [2.45, 2.75) is 102 Å². The summed E-state index contributed by atoms with van der Waals surface area (Å²) in [5.74, 6) is -3.18. The summed E-state index contributed by atoms with van der Waals surface area (Å²) in [7, 11) is -2.44. The number of rotatable bonds is 16. The lowest BCUT2D eigenvalue weighted by Crippen LogP contribution is -2.60. The number of ether oxygens (including phenoxy) is 4. The number of carbonyl (C=O) groups is 5. The van der Waals surface area contributed by atoms with E-state index in [0.29, 0.717) is 40.9 Å². The van der Waals surface area contributed by atoms with Crippen LogP contribution < -0.4 is 24.8 Å². The van der Waals surface area contributed by atoms with Crippen molar-refractivity contribution >= 4 is 50.7 Å². The Balaban J connectivity index is 1.54. The zero-order chi connectivity index (χ0) is 43.9. The number of hydrogen-bond acceptors (Lipinski definition) is 12. The normalized spacial score (nSPS) is 18.8. The lowest BCUT2D eigenvalue weighted by atomic mass is 10.0. The van der Waals surface area contributed by atoms with E-state index >= 15 is 0 Å². The molecule has 0 spiro atoms. The van der Waals surface area contributed by atoms with E-state index in [2.05, 4.69) is 21.9 Å². The van der Waals surface area contributed by atoms with Crippen molar-refractivity contribution in [2.24, 2.45) is 5.92 Å². The van der Waals surface area contributed by atoms with E-state index in [1.807, 2.05) is 30.3 Å². The Morgan fingerprint density at radius 2 is 1.68 bits per heavy atom. The first-order chi connectivity index (χ1) is 28.3. The van der Waals surface area contributed by atoms with Gasteiger partial charge in [0.15, 0.2) is 0 Å². The average Bonchev–Trinajstić information content (AvgIpc) is 3.98. The lowest BCUT2D eigenvalue weighted by molar-refractivity contribution is -0.150. The number of benzene rings is 2. The fourth-order valence-electron chi connectivity index (χ4n) is 6.62. The van der Waals surface area contributed by atoms with Crippen LogP contribution in [-0.4, -0.2) is 103 Å². The third kappa shape index (κ3) is 11.4. The number of hydrogen-bond donors (Lipinski definition) is 3. The highest BCUT2D eigenvalue weighted by Crippen LogP contribution is 2.35. The molecule has 16 nitrogen and oxygen atoms in total. The van der Waals surface area contributed by atoms with Crippen LogP contribution in [0.25, 0.3) is 22.2 Å². The fraction of sp³-hybridized carbons (Fsp3) is 0.442. The minimum Gasteiger partial charge on any atom is -0.497 e. The Labute approximate surface area is 350 Å². The number of nitrogens with zero attached hydrogens (tertiary/aromatic N) is 2. The van der Waals surface area contributed by atoms with Crippen molar-refractivity contribution in [3.8, 4) is 22.8 Å². The molecule has 322 valence electrons. The number of pyridine rings is 1. The number of fused-ring (bicyclic) bond motifs is 1. The molecule has 4 amide bonds. The summed E-state index contributed by atoms with van der Waals surface area (Å²) in [5, 5.41) is 5.09. The zero-order valence-corrected chi connectivity index (χ0v) is 35.6. The second-order valence-corrected chi connectivity index (χ2v) is 17.8. The summed E-state index contributed by atoms with van der Waals surface area (Å²) in [5.41, 5.74) is 0.975. The van der Waals surface area contributed by atoms with Crippen molar-refractivity contribution in [3.05, 3.63) is 79.4 Å². The average molecular weight is 848 g/mol. The molecule has 0 bridgehead atoms. The highest BCUT2D eigenvalue weighted by atomic mass is 32.2. The number of nitrogens with one attached hydrogen (secondary N) is 3. The number of sulfonamides is 1. The Hall–Kier alpha value is -5.97. The van der Waals surface area contributed by atoms with Crippen LogP contribution in [0.5, 0.6) is 11.5 Å². The second-order valence-electron chi connectivity index (χ2n) is 15.8. The van der Waals surface area contributed by atoms with Gasteiger partial charge >= 0.3 is 12.1 Å². The van der Waals surface area contributed by atoms with Crippen LogP contribution in [0.4, 0.5) is 4.79 Å². The molecule has 17 heteroatoms. The number of methoxy groups -OCH3 is 1. The maximum Gasteiger partial charge on any atom is 0.408 e. The number of likely N-dealkylation sites (tertiary alicyclic amines) is 1. The monoisotopic (exact) mass is 847 g/mol. The van der Waals surface area contributed by atoms with Gasteiger partial charge in [-0.05, 0) is 59.6 Å². The predicted octanol–water partition coefficient (Wildman–Crippen LogP) is 4.58. The molecule has 2 fully saturated rings. The van der Waals surface area contributed by atoms with Gasteiger partial charge in [-0.1, -0.05) is 49.4 Å². The van der Waals surface area contributed by atoms with Crippen LogP contribution in [0, 0.1) is 5.92 Å². The molecule has 6 unspecified atom stereocenters. The van der Waals surface area contributed by atoms with E-state index < -0.39 is 86.9 Å². The molecule has 2 aromatic carbocycles. The van der Waals surface area contributed by atoms with Crippen LogP contribution in [-0.2, 0) is 38.7 Å². The number of amides is 4. The molecular formula is C43H53N5O11S. The van der Waals surface area contributed by atoms with E-state index in [1.54, 1.807) is 58.9 Å². The van der Waals surface area contributed by atoms with Gasteiger partial charge in [0, 0.05) is 41.5 Å². The van der Waals surface area contributed by atoms with Crippen molar-refractivity contribution in [2.75, 3.05) is 13.7 Å². The van der Waals surface area contributed by atoms with Crippen LogP contribution in [0.2, 0.25) is 0 Å². The molecule has 60 heavy (non-hydrogen) atoms. The summed E-state index contributed by atoms with van der Waals surface area (Å²) >= 11 is 0. The molecule has 3 aromatic rings. The zero-order valence-electron chi connectivity index (χ0n) is 34.8. The number of carbonyl (C=O) groups excluding carboxylic acids is 5. The molecule has 0 radical (unpaired) electrons. The molecule has 5 rings (SSSR count). The number of esters is 1. The third-order valence-electron chi connectivity index (χ3n) is 9.89. The molecule has 1 saturated carbocycles. The van der Waals surface area contributed by atoms with Gasteiger partial charge in [0.1, 0.15) is 47.4 Å². The first-order valence-electron chi connectivity index (χ1n) is 19.7. The maximum absolute atomic E-state index is 14.8. The van der Waals surface area contributed by atoms with Crippen molar-refractivity contribution < 1.29 is 51.3 Å². The summed E-state index contributed by atoms with van der Waals surface area (Å²) in [6.07, 6.45) is 1.59. The largest absolute Gasteiger partial charge is 0.497 e. The molecule has 1 aliphatic heterocycles. The molecule has 2 heterocycles. The predicted molar refractivity (Wildman–Crippen MR) is 223 cm³/mol. The van der Waals surface area contributed by atoms with Gasteiger partial charge in [0.25, 0.3) is 5.91 Å². The van der Waals surface area contributed by atoms with Gasteiger partial charge in [-0.15, -0.1) is 6.58 Å². The molecule has 3 N–H and O–H groups in total. The number of allylic oxidation sites excluding steroid dienone is 1. The first-order valence-corrected chi connectivity index (χ1v) is 21.2. The Kier molecular flexibility index (Phi) is 14.3. The van der Waals surface area contributed by atoms with E-state index in [1.165, 1.54) is 31.1 Å². The molecule has 1 aliphatic carbocycles. The van der Waals surface area contributed by atoms with Crippen LogP contribution in [0.15, 0.2) is 79.4 Å². The Morgan fingerprint density at radius 1 is 0.983 bits per heavy atom. The van der Waals surface area contributed by atoms with Crippen molar-refractivity contribution in [1.29, 1.82) is 0 Å². The van der Waals surface area contributed by atoms with Gasteiger partial charge in [0.2, 0.25) is 21.8 Å². The van der Waals surface area contributed by atoms with Gasteiger partial charge in [-0.3, -0.25) is 19.1 Å². The Bertz CT molecular complexity index is 2240. The Morgan fingerprint density at radius 3 is 2.30 bits per heavy atom. The van der Waals surface area contributed by atoms with Gasteiger partial charge in [-0.25, -0.2) is 23.0 Å². The minimum atomic E-state index is -3.98. The maximum atomic E-state index is 14.8. The SMILES string of the molecule is C=CC(C)C(NC(=O)C1CC(Oc2cc(-c3ccccc3)nc3cc(OC)ccc23)CN1C(=O)C(NC(=O)OC(C)(C)C)C(C)OC(=O)C=CC)C(=O)NS(=O)(=O)C1CC1. The van der Waals surface area contributed by atoms with E-state index in [9.17, 15) is 32.4 Å².